The van der Waals surface area contributed by atoms with Crippen molar-refractivity contribution in [3.05, 3.63) is 57.2 Å². The highest BCUT2D eigenvalue weighted by atomic mass is 32.1. The second kappa shape index (κ2) is 7.18. The van der Waals surface area contributed by atoms with Gasteiger partial charge in [0.15, 0.2) is 5.58 Å². The van der Waals surface area contributed by atoms with Crippen LogP contribution in [0.2, 0.25) is 0 Å². The van der Waals surface area contributed by atoms with E-state index in [1.165, 1.54) is 9.44 Å². The average molecular weight is 411 g/mol. The zero-order chi connectivity index (χ0) is 20.0. The number of rotatable bonds is 4. The molecule has 2 atom stereocenters. The van der Waals surface area contributed by atoms with Crippen molar-refractivity contribution in [2.45, 2.75) is 18.9 Å². The molecule has 1 saturated carbocycles. The molecule has 5 rings (SSSR count). The number of benzene rings is 1. The number of thiophene rings is 1. The maximum atomic E-state index is 12.8. The number of hydrogen-bond donors (Lipinski definition) is 0. The molecular formula is C21H21N3O4S. The van der Waals surface area contributed by atoms with E-state index in [9.17, 15) is 14.4 Å². The lowest BCUT2D eigenvalue weighted by Crippen LogP contribution is -2.52. The van der Waals surface area contributed by atoms with Crippen molar-refractivity contribution in [3.63, 3.8) is 0 Å². The Balaban J connectivity index is 1.18. The molecule has 0 N–H and O–H groups in total. The summed E-state index contributed by atoms with van der Waals surface area (Å²) in [6, 6.07) is 11.2. The first-order chi connectivity index (χ1) is 14.1. The molecular weight excluding hydrogens is 390 g/mol. The lowest BCUT2D eigenvalue weighted by atomic mass is 10.2. The van der Waals surface area contributed by atoms with Crippen molar-refractivity contribution in [2.75, 3.05) is 26.2 Å². The van der Waals surface area contributed by atoms with Crippen LogP contribution < -0.4 is 5.76 Å². The molecule has 2 fully saturated rings. The molecule has 1 aromatic carbocycles. The van der Waals surface area contributed by atoms with E-state index in [0.717, 1.165) is 6.42 Å². The Bertz CT molecular complexity index is 1110. The maximum absolute atomic E-state index is 12.8. The lowest BCUT2D eigenvalue weighted by molar-refractivity contribution is -0.140. The smallest absolute Gasteiger partial charge is 0.408 e. The third-order valence-corrected chi connectivity index (χ3v) is 6.83. The standard InChI is InChI=1S/C21H21N3O4S/c25-19(13-24-16-4-1-2-5-17(16)28-21(24)27)22-7-9-23(10-8-22)20(26)15-12-14(15)18-6-3-11-29-18/h1-6,11,14-15H,7-10,12-13H2/t14?,15-/m1/s1. The van der Waals surface area contributed by atoms with E-state index in [2.05, 4.69) is 6.07 Å². The molecule has 0 radical (unpaired) electrons. The van der Waals surface area contributed by atoms with Crippen LogP contribution >= 0.6 is 11.3 Å². The number of para-hydroxylation sites is 2. The molecule has 2 aromatic heterocycles. The summed E-state index contributed by atoms with van der Waals surface area (Å²) < 4.78 is 6.56. The molecule has 1 aliphatic carbocycles. The molecule has 0 spiro atoms. The largest absolute Gasteiger partial charge is 0.420 e. The van der Waals surface area contributed by atoms with Gasteiger partial charge in [-0.3, -0.25) is 14.2 Å². The SMILES string of the molecule is O=C(Cn1c(=O)oc2ccccc21)N1CCN(C(=O)[C@@H]2CC2c2cccs2)CC1. The Morgan fingerprint density at radius 1 is 1.03 bits per heavy atom. The minimum atomic E-state index is -0.526. The topological polar surface area (TPSA) is 75.8 Å². The van der Waals surface area contributed by atoms with Crippen molar-refractivity contribution in [1.82, 2.24) is 14.4 Å². The van der Waals surface area contributed by atoms with Gasteiger partial charge in [0.25, 0.3) is 0 Å². The van der Waals surface area contributed by atoms with Gasteiger partial charge in [0.1, 0.15) is 6.54 Å². The summed E-state index contributed by atoms with van der Waals surface area (Å²) in [5.41, 5.74) is 1.10. The Morgan fingerprint density at radius 3 is 2.55 bits per heavy atom. The monoisotopic (exact) mass is 411 g/mol. The van der Waals surface area contributed by atoms with Crippen molar-refractivity contribution < 1.29 is 14.0 Å². The first kappa shape index (κ1) is 18.2. The van der Waals surface area contributed by atoms with Crippen LogP contribution in [0.25, 0.3) is 11.1 Å². The minimum absolute atomic E-state index is 0.0487. The summed E-state index contributed by atoms with van der Waals surface area (Å²) in [6.45, 7) is 2.02. The van der Waals surface area contributed by atoms with Crippen LogP contribution in [-0.4, -0.2) is 52.4 Å². The van der Waals surface area contributed by atoms with Gasteiger partial charge in [-0.2, -0.15) is 0 Å². The fourth-order valence-electron chi connectivity index (χ4n) is 4.09. The van der Waals surface area contributed by atoms with Crippen LogP contribution in [0.15, 0.2) is 51.0 Å². The van der Waals surface area contributed by atoms with Crippen LogP contribution in [0, 0.1) is 5.92 Å². The van der Waals surface area contributed by atoms with Gasteiger partial charge in [-0.05, 0) is 30.0 Å². The number of hydrogen-bond acceptors (Lipinski definition) is 5. The second-order valence-corrected chi connectivity index (χ2v) is 8.57. The number of piperazine rings is 1. The van der Waals surface area contributed by atoms with Crippen molar-refractivity contribution in [3.8, 4) is 0 Å². The molecule has 0 bridgehead atoms. The van der Waals surface area contributed by atoms with Gasteiger partial charge in [0, 0.05) is 42.9 Å². The number of fused-ring (bicyclic) bond motifs is 1. The van der Waals surface area contributed by atoms with Gasteiger partial charge < -0.3 is 14.2 Å². The van der Waals surface area contributed by atoms with Gasteiger partial charge in [-0.25, -0.2) is 4.79 Å². The Labute approximate surface area is 171 Å². The highest BCUT2D eigenvalue weighted by Crippen LogP contribution is 2.50. The van der Waals surface area contributed by atoms with E-state index in [1.807, 2.05) is 22.4 Å². The summed E-state index contributed by atoms with van der Waals surface area (Å²) in [4.78, 5) is 42.4. The number of nitrogens with zero attached hydrogens (tertiary/aromatic N) is 3. The van der Waals surface area contributed by atoms with Crippen molar-refractivity contribution in [2.24, 2.45) is 5.92 Å². The summed E-state index contributed by atoms with van der Waals surface area (Å²) in [6.07, 6.45) is 0.926. The summed E-state index contributed by atoms with van der Waals surface area (Å²) >= 11 is 1.71. The average Bonchev–Trinajstić information content (AvgIpc) is 3.22. The molecule has 1 unspecified atom stereocenters. The van der Waals surface area contributed by atoms with E-state index < -0.39 is 5.76 Å². The predicted octanol–water partition coefficient (Wildman–Crippen LogP) is 2.13. The molecule has 29 heavy (non-hydrogen) atoms. The molecule has 2 amide bonds. The summed E-state index contributed by atoms with van der Waals surface area (Å²) in [7, 11) is 0. The second-order valence-electron chi connectivity index (χ2n) is 7.59. The van der Waals surface area contributed by atoms with Gasteiger partial charge in [0.05, 0.1) is 5.52 Å². The number of carbonyl (C=O) groups is 2. The van der Waals surface area contributed by atoms with Gasteiger partial charge in [-0.1, -0.05) is 18.2 Å². The van der Waals surface area contributed by atoms with Crippen LogP contribution in [0.3, 0.4) is 0 Å². The summed E-state index contributed by atoms with van der Waals surface area (Å²) in [5, 5.41) is 2.05. The zero-order valence-corrected chi connectivity index (χ0v) is 16.6. The number of carbonyl (C=O) groups excluding carboxylic acids is 2. The van der Waals surface area contributed by atoms with E-state index >= 15 is 0 Å². The molecule has 3 heterocycles. The molecule has 3 aromatic rings. The molecule has 1 saturated heterocycles. The predicted molar refractivity (Wildman–Crippen MR) is 109 cm³/mol. The van der Waals surface area contributed by atoms with E-state index in [4.69, 9.17) is 4.42 Å². The Kier molecular flexibility index (Phi) is 4.50. The van der Waals surface area contributed by atoms with Gasteiger partial charge >= 0.3 is 5.76 Å². The first-order valence-corrected chi connectivity index (χ1v) is 10.7. The summed E-state index contributed by atoms with van der Waals surface area (Å²) in [5.74, 6) is -0.00178. The van der Waals surface area contributed by atoms with Crippen LogP contribution in [-0.2, 0) is 16.1 Å². The Hall–Kier alpha value is -2.87. The van der Waals surface area contributed by atoms with Gasteiger partial charge in [0.2, 0.25) is 11.8 Å². The van der Waals surface area contributed by atoms with Crippen LogP contribution in [0.4, 0.5) is 0 Å². The maximum Gasteiger partial charge on any atom is 0.420 e. The van der Waals surface area contributed by atoms with E-state index in [1.54, 1.807) is 34.4 Å². The van der Waals surface area contributed by atoms with Crippen molar-refractivity contribution >= 4 is 34.3 Å². The van der Waals surface area contributed by atoms with Crippen LogP contribution in [0.5, 0.6) is 0 Å². The number of oxazole rings is 1. The molecule has 7 nitrogen and oxygen atoms in total. The molecule has 1 aliphatic heterocycles. The first-order valence-electron chi connectivity index (χ1n) is 9.80. The zero-order valence-electron chi connectivity index (χ0n) is 15.8. The minimum Gasteiger partial charge on any atom is -0.408 e. The molecule has 8 heteroatoms. The van der Waals surface area contributed by atoms with Crippen LogP contribution in [0.1, 0.15) is 17.2 Å². The molecule has 2 aliphatic rings. The van der Waals surface area contributed by atoms with Crippen molar-refractivity contribution in [1.29, 1.82) is 0 Å². The van der Waals surface area contributed by atoms with Gasteiger partial charge in [-0.15, -0.1) is 11.3 Å². The quantitative estimate of drug-likeness (QED) is 0.659. The fourth-order valence-corrected chi connectivity index (χ4v) is 5.00. The lowest BCUT2D eigenvalue weighted by Gasteiger charge is -2.35. The third-order valence-electron chi connectivity index (χ3n) is 5.83. The highest BCUT2D eigenvalue weighted by Gasteiger charge is 2.46. The van der Waals surface area contributed by atoms with E-state index in [-0.39, 0.29) is 24.3 Å². The fraction of sp³-hybridized carbons (Fsp3) is 0.381. The highest BCUT2D eigenvalue weighted by molar-refractivity contribution is 7.10. The van der Waals surface area contributed by atoms with E-state index in [0.29, 0.717) is 43.2 Å². The number of amides is 2. The number of aromatic nitrogens is 1. The Morgan fingerprint density at radius 2 is 1.79 bits per heavy atom. The third kappa shape index (κ3) is 3.37. The molecule has 150 valence electrons. The normalized spacial score (nSPS) is 21.5.